The van der Waals surface area contributed by atoms with E-state index in [1.54, 1.807) is 44.5 Å². The molecule has 108 valence electrons. The summed E-state index contributed by atoms with van der Waals surface area (Å²) in [6.45, 7) is 1.86. The van der Waals surface area contributed by atoms with Crippen molar-refractivity contribution in [3.05, 3.63) is 35.9 Å². The molecule has 1 aromatic carbocycles. The molecule has 6 heteroatoms. The maximum atomic E-state index is 8.88. The average molecular weight is 276 g/mol. The zero-order chi connectivity index (χ0) is 15.1. The van der Waals surface area contributed by atoms with Gasteiger partial charge in [0.25, 0.3) is 0 Å². The molecule has 0 aliphatic heterocycles. The first-order valence-electron chi connectivity index (χ1n) is 6.01. The quantitative estimate of drug-likeness (QED) is 0.494. The summed E-state index contributed by atoms with van der Waals surface area (Å²) >= 11 is 0. The Morgan fingerprint density at radius 3 is 2.30 bits per heavy atom. The Balaban J connectivity index is 0.000000204. The van der Waals surface area contributed by atoms with Crippen LogP contribution in [0.3, 0.4) is 0 Å². The van der Waals surface area contributed by atoms with Crippen molar-refractivity contribution in [1.82, 2.24) is 4.98 Å². The van der Waals surface area contributed by atoms with Crippen LogP contribution in [0.5, 0.6) is 11.6 Å². The van der Waals surface area contributed by atoms with Crippen LogP contribution in [0.25, 0.3) is 0 Å². The summed E-state index contributed by atoms with van der Waals surface area (Å²) in [5.74, 6) is 1.47. The number of nitrogens with zero attached hydrogens (tertiary/aromatic N) is 1. The van der Waals surface area contributed by atoms with Gasteiger partial charge in [0.05, 0.1) is 12.8 Å². The number of methoxy groups -OCH3 is 1. The molecule has 0 aliphatic rings. The van der Waals surface area contributed by atoms with Gasteiger partial charge in [0.1, 0.15) is 5.75 Å². The van der Waals surface area contributed by atoms with Crippen molar-refractivity contribution < 1.29 is 9.84 Å². The summed E-state index contributed by atoms with van der Waals surface area (Å²) < 4.78 is 4.90. The highest BCUT2D eigenvalue weighted by Crippen LogP contribution is 2.18. The van der Waals surface area contributed by atoms with E-state index in [9.17, 15) is 0 Å². The molecule has 0 saturated heterocycles. The molecule has 6 nitrogen and oxygen atoms in total. The van der Waals surface area contributed by atoms with Crippen molar-refractivity contribution in [1.29, 1.82) is 0 Å². The number of rotatable bonds is 2. The highest BCUT2D eigenvalue weighted by molar-refractivity contribution is 5.61. The van der Waals surface area contributed by atoms with Gasteiger partial charge in [0.2, 0.25) is 5.88 Å². The molecular weight excluding hydrogens is 256 g/mol. The van der Waals surface area contributed by atoms with E-state index in [1.165, 1.54) is 0 Å². The van der Waals surface area contributed by atoms with E-state index in [0.717, 1.165) is 5.56 Å². The monoisotopic (exact) mass is 276 g/mol. The van der Waals surface area contributed by atoms with Crippen LogP contribution in [0.4, 0.5) is 17.2 Å². The first kappa shape index (κ1) is 15.4. The van der Waals surface area contributed by atoms with Crippen LogP contribution < -0.4 is 21.5 Å². The van der Waals surface area contributed by atoms with E-state index >= 15 is 0 Å². The number of benzene rings is 1. The predicted octanol–water partition coefficient (Wildman–Crippen LogP) is 2.00. The molecule has 0 radical (unpaired) electrons. The number of pyridine rings is 1. The topological polar surface area (TPSA) is 106 Å². The van der Waals surface area contributed by atoms with E-state index in [1.807, 2.05) is 6.92 Å². The summed E-state index contributed by atoms with van der Waals surface area (Å²) in [6.07, 6.45) is 0. The zero-order valence-electron chi connectivity index (χ0n) is 11.8. The fourth-order valence-corrected chi connectivity index (χ4v) is 1.43. The number of phenols is 1. The SMILES string of the molecule is CNc1nc(OC)ccc1N.Cc1cc(O)ccc1N. The Morgan fingerprint density at radius 2 is 1.80 bits per heavy atom. The number of phenolic OH excluding ortho intramolecular Hbond substituents is 1. The first-order chi connectivity index (χ1) is 9.47. The highest BCUT2D eigenvalue weighted by atomic mass is 16.5. The van der Waals surface area contributed by atoms with E-state index in [4.69, 9.17) is 21.3 Å². The normalized spacial score (nSPS) is 9.35. The lowest BCUT2D eigenvalue weighted by Crippen LogP contribution is -1.99. The number of nitrogens with two attached hydrogens (primary N) is 2. The van der Waals surface area contributed by atoms with Crippen molar-refractivity contribution in [2.24, 2.45) is 0 Å². The minimum Gasteiger partial charge on any atom is -0.508 e. The fraction of sp³-hybridized carbons (Fsp3) is 0.214. The lowest BCUT2D eigenvalue weighted by molar-refractivity contribution is 0.398. The minimum absolute atomic E-state index is 0.265. The van der Waals surface area contributed by atoms with Crippen LogP contribution in [0.2, 0.25) is 0 Å². The van der Waals surface area contributed by atoms with Crippen LogP contribution in [0.15, 0.2) is 30.3 Å². The number of hydrogen-bond donors (Lipinski definition) is 4. The van der Waals surface area contributed by atoms with E-state index < -0.39 is 0 Å². The number of ether oxygens (including phenoxy) is 1. The van der Waals surface area contributed by atoms with Gasteiger partial charge in [0, 0.05) is 18.8 Å². The van der Waals surface area contributed by atoms with Gasteiger partial charge in [-0.25, -0.2) is 0 Å². The van der Waals surface area contributed by atoms with E-state index in [2.05, 4.69) is 10.3 Å². The Hall–Kier alpha value is -2.63. The van der Waals surface area contributed by atoms with Gasteiger partial charge in [-0.15, -0.1) is 0 Å². The van der Waals surface area contributed by atoms with Crippen LogP contribution in [0, 0.1) is 6.92 Å². The third-order valence-corrected chi connectivity index (χ3v) is 2.60. The van der Waals surface area contributed by atoms with Crippen LogP contribution in [-0.4, -0.2) is 24.2 Å². The van der Waals surface area contributed by atoms with Crippen molar-refractivity contribution in [3.63, 3.8) is 0 Å². The van der Waals surface area contributed by atoms with Crippen LogP contribution in [0.1, 0.15) is 5.56 Å². The number of nitrogens with one attached hydrogen (secondary N) is 1. The Morgan fingerprint density at radius 1 is 1.15 bits per heavy atom. The standard InChI is InChI=1S/C7H11N3O.C7H9NO/c1-9-7-5(8)3-4-6(10-7)11-2;1-5-4-6(9)2-3-7(5)8/h3-4H,8H2,1-2H3,(H,9,10);2-4,9H,8H2,1H3. The van der Waals surface area contributed by atoms with Gasteiger partial charge in [0.15, 0.2) is 5.82 Å². The maximum Gasteiger partial charge on any atom is 0.215 e. The molecule has 2 rings (SSSR count). The summed E-state index contributed by atoms with van der Waals surface area (Å²) in [7, 11) is 3.33. The molecular formula is C14H20N4O2. The molecule has 0 spiro atoms. The van der Waals surface area contributed by atoms with E-state index in [0.29, 0.717) is 23.1 Å². The summed E-state index contributed by atoms with van der Waals surface area (Å²) in [5, 5.41) is 11.7. The van der Waals surface area contributed by atoms with Gasteiger partial charge in [-0.2, -0.15) is 4.98 Å². The molecule has 0 saturated carbocycles. The summed E-state index contributed by atoms with van der Waals surface area (Å²) in [5.41, 5.74) is 13.3. The molecule has 0 amide bonds. The van der Waals surface area contributed by atoms with Crippen molar-refractivity contribution >= 4 is 17.2 Å². The number of aromatic hydroxyl groups is 1. The summed E-state index contributed by atoms with van der Waals surface area (Å²) in [4.78, 5) is 4.05. The van der Waals surface area contributed by atoms with Gasteiger partial charge in [-0.05, 0) is 36.8 Å². The number of nitrogen functional groups attached to an aromatic ring is 2. The molecule has 0 aliphatic carbocycles. The molecule has 1 heterocycles. The number of anilines is 3. The Kier molecular flexibility index (Phi) is 5.46. The maximum absolute atomic E-state index is 8.88. The van der Waals surface area contributed by atoms with Gasteiger partial charge >= 0.3 is 0 Å². The van der Waals surface area contributed by atoms with Crippen molar-refractivity contribution in [2.45, 2.75) is 6.92 Å². The van der Waals surface area contributed by atoms with Crippen molar-refractivity contribution in [3.8, 4) is 11.6 Å². The minimum atomic E-state index is 0.265. The second-order valence-corrected chi connectivity index (χ2v) is 4.08. The van der Waals surface area contributed by atoms with E-state index in [-0.39, 0.29) is 5.75 Å². The van der Waals surface area contributed by atoms with Crippen LogP contribution in [-0.2, 0) is 0 Å². The van der Waals surface area contributed by atoms with Crippen LogP contribution >= 0.6 is 0 Å². The zero-order valence-corrected chi connectivity index (χ0v) is 11.8. The predicted molar refractivity (Wildman–Crippen MR) is 82.0 cm³/mol. The lowest BCUT2D eigenvalue weighted by atomic mass is 10.2. The molecule has 2 aromatic rings. The molecule has 0 bridgehead atoms. The molecule has 0 fully saturated rings. The molecule has 0 atom stereocenters. The largest absolute Gasteiger partial charge is 0.508 e. The highest BCUT2D eigenvalue weighted by Gasteiger charge is 1.99. The molecule has 6 N–H and O–H groups in total. The van der Waals surface area contributed by atoms with Gasteiger partial charge < -0.3 is 26.6 Å². The number of aryl methyl sites for hydroxylation is 1. The smallest absolute Gasteiger partial charge is 0.215 e. The lowest BCUT2D eigenvalue weighted by Gasteiger charge is -2.04. The molecule has 20 heavy (non-hydrogen) atoms. The molecule has 0 unspecified atom stereocenters. The van der Waals surface area contributed by atoms with Gasteiger partial charge in [-0.3, -0.25) is 0 Å². The summed E-state index contributed by atoms with van der Waals surface area (Å²) in [6, 6.07) is 8.36. The third-order valence-electron chi connectivity index (χ3n) is 2.60. The molecule has 1 aromatic heterocycles. The third kappa shape index (κ3) is 4.24. The second kappa shape index (κ2) is 7.08. The second-order valence-electron chi connectivity index (χ2n) is 4.08. The van der Waals surface area contributed by atoms with Gasteiger partial charge in [-0.1, -0.05) is 0 Å². The Bertz CT molecular complexity index is 573. The average Bonchev–Trinajstić information content (AvgIpc) is 2.44. The Labute approximate surface area is 118 Å². The number of aromatic nitrogens is 1. The fourth-order valence-electron chi connectivity index (χ4n) is 1.43. The van der Waals surface area contributed by atoms with Crippen molar-refractivity contribution in [2.75, 3.05) is 30.9 Å². The number of hydrogen-bond acceptors (Lipinski definition) is 6. The first-order valence-corrected chi connectivity index (χ1v) is 6.01.